The van der Waals surface area contributed by atoms with Crippen LogP contribution in [-0.2, 0) is 19.7 Å². The van der Waals surface area contributed by atoms with Gasteiger partial charge in [-0.15, -0.1) is 0 Å². The Morgan fingerprint density at radius 2 is 1.78 bits per heavy atom. The monoisotopic (exact) mass is 284 g/mol. The van der Waals surface area contributed by atoms with E-state index in [9.17, 15) is 18.0 Å². The number of nitrogens with zero attached hydrogens (tertiary/aromatic N) is 1. The largest absolute Gasteiger partial charge is 0.481 e. The summed E-state index contributed by atoms with van der Waals surface area (Å²) in [7, 11) is -4.25. The smallest absolute Gasteiger partial charge is 0.321 e. The molecule has 0 aliphatic carbocycles. The summed E-state index contributed by atoms with van der Waals surface area (Å²) in [5.74, 6) is -3.39. The van der Waals surface area contributed by atoms with Gasteiger partial charge in [-0.05, 0) is 0 Å². The van der Waals surface area contributed by atoms with E-state index in [0.717, 1.165) is 4.90 Å². The summed E-state index contributed by atoms with van der Waals surface area (Å²) < 4.78 is 29.8. The van der Waals surface area contributed by atoms with Gasteiger partial charge in [-0.3, -0.25) is 19.0 Å². The Kier molecular flexibility index (Phi) is 6.76. The van der Waals surface area contributed by atoms with Crippen LogP contribution in [0.3, 0.4) is 0 Å². The molecule has 0 saturated carbocycles. The third-order valence-corrected chi connectivity index (χ3v) is 2.85. The highest BCUT2D eigenvalue weighted by Crippen LogP contribution is 2.05. The van der Waals surface area contributed by atoms with E-state index in [1.54, 1.807) is 0 Å². The van der Waals surface area contributed by atoms with E-state index < -0.39 is 40.3 Å². The Bertz CT molecular complexity index is 394. The first-order valence-electron chi connectivity index (χ1n) is 5.01. The molecule has 0 aromatic heterocycles. The van der Waals surface area contributed by atoms with E-state index in [2.05, 4.69) is 0 Å². The van der Waals surface area contributed by atoms with Crippen molar-refractivity contribution in [3.63, 3.8) is 0 Å². The van der Waals surface area contributed by atoms with Gasteiger partial charge in [0.05, 0.1) is 12.2 Å². The van der Waals surface area contributed by atoms with E-state index in [-0.39, 0.29) is 19.6 Å². The van der Waals surface area contributed by atoms with Crippen LogP contribution in [0.5, 0.6) is 0 Å². The predicted molar refractivity (Wildman–Crippen MR) is 60.7 cm³/mol. The highest BCUT2D eigenvalue weighted by atomic mass is 32.2. The maximum absolute atomic E-state index is 10.9. The fraction of sp³-hybridized carbons (Fsp3) is 0.750. The Morgan fingerprint density at radius 1 is 1.22 bits per heavy atom. The van der Waals surface area contributed by atoms with Crippen molar-refractivity contribution in [1.29, 1.82) is 0 Å². The molecule has 0 aliphatic rings. The lowest BCUT2D eigenvalue weighted by atomic mass is 10.1. The molecule has 0 radical (unpaired) electrons. The summed E-state index contributed by atoms with van der Waals surface area (Å²) in [6.45, 7) is -0.255. The minimum atomic E-state index is -4.25. The number of carbonyl (C=O) groups is 2. The number of carboxylic acids is 2. The zero-order valence-corrected chi connectivity index (χ0v) is 10.3. The minimum absolute atomic E-state index is 0.0137. The second-order valence-corrected chi connectivity index (χ2v) is 5.13. The second-order valence-electron chi connectivity index (χ2n) is 3.56. The molecular formula is C8H16N2O7S. The van der Waals surface area contributed by atoms with Crippen LogP contribution in [0.1, 0.15) is 6.42 Å². The van der Waals surface area contributed by atoms with Crippen LogP contribution in [0.2, 0.25) is 0 Å². The molecule has 0 rings (SSSR count). The molecular weight excluding hydrogens is 268 g/mol. The van der Waals surface area contributed by atoms with Crippen molar-refractivity contribution in [2.45, 2.75) is 12.5 Å². The lowest BCUT2D eigenvalue weighted by Gasteiger charge is -2.26. The number of hydrogen-bond donors (Lipinski definition) is 4. The average molecular weight is 284 g/mol. The molecule has 1 atom stereocenters. The van der Waals surface area contributed by atoms with Gasteiger partial charge in [0, 0.05) is 19.6 Å². The molecule has 18 heavy (non-hydrogen) atoms. The van der Waals surface area contributed by atoms with Gasteiger partial charge in [-0.1, -0.05) is 0 Å². The van der Waals surface area contributed by atoms with Gasteiger partial charge in [-0.2, -0.15) is 8.42 Å². The minimum Gasteiger partial charge on any atom is -0.481 e. The SMILES string of the molecule is NCCN(CCS(=O)(=O)O)[C@@H](CC(=O)O)C(=O)O. The van der Waals surface area contributed by atoms with Crippen molar-refractivity contribution in [1.82, 2.24) is 4.90 Å². The lowest BCUT2D eigenvalue weighted by Crippen LogP contribution is -2.46. The van der Waals surface area contributed by atoms with Crippen LogP contribution in [0.25, 0.3) is 0 Å². The van der Waals surface area contributed by atoms with Crippen molar-refractivity contribution < 1.29 is 32.8 Å². The molecule has 0 saturated heterocycles. The summed E-state index contributed by atoms with van der Waals surface area (Å²) in [6.07, 6.45) is -0.680. The molecule has 0 amide bonds. The van der Waals surface area contributed by atoms with E-state index in [1.807, 2.05) is 0 Å². The van der Waals surface area contributed by atoms with E-state index in [0.29, 0.717) is 0 Å². The second kappa shape index (κ2) is 7.26. The summed E-state index contributed by atoms with van der Waals surface area (Å²) in [6, 6.07) is -1.38. The van der Waals surface area contributed by atoms with E-state index in [4.69, 9.17) is 20.5 Å². The Hall–Kier alpha value is -1.23. The first kappa shape index (κ1) is 16.8. The topological polar surface area (TPSA) is 158 Å². The van der Waals surface area contributed by atoms with Crippen LogP contribution in [-0.4, -0.2) is 71.5 Å². The van der Waals surface area contributed by atoms with Crippen molar-refractivity contribution in [2.75, 3.05) is 25.4 Å². The zero-order valence-electron chi connectivity index (χ0n) is 9.52. The molecule has 0 spiro atoms. The highest BCUT2D eigenvalue weighted by molar-refractivity contribution is 7.85. The molecule has 9 nitrogen and oxygen atoms in total. The molecule has 0 fully saturated rings. The number of nitrogens with two attached hydrogens (primary N) is 1. The molecule has 5 N–H and O–H groups in total. The highest BCUT2D eigenvalue weighted by Gasteiger charge is 2.28. The number of carboxylic acid groups (broad SMARTS) is 2. The number of rotatable bonds is 9. The molecule has 0 bridgehead atoms. The van der Waals surface area contributed by atoms with Crippen LogP contribution < -0.4 is 5.73 Å². The van der Waals surface area contributed by atoms with Gasteiger partial charge >= 0.3 is 11.9 Å². The van der Waals surface area contributed by atoms with Crippen LogP contribution in [0.15, 0.2) is 0 Å². The third kappa shape index (κ3) is 7.17. The zero-order chi connectivity index (χ0) is 14.3. The molecule has 106 valence electrons. The maximum Gasteiger partial charge on any atom is 0.321 e. The third-order valence-electron chi connectivity index (χ3n) is 2.15. The summed E-state index contributed by atoms with van der Waals surface area (Å²) in [4.78, 5) is 22.6. The van der Waals surface area contributed by atoms with Gasteiger partial charge in [0.1, 0.15) is 6.04 Å². The lowest BCUT2D eigenvalue weighted by molar-refractivity contribution is -0.149. The van der Waals surface area contributed by atoms with Crippen molar-refractivity contribution >= 4 is 22.1 Å². The van der Waals surface area contributed by atoms with Crippen LogP contribution in [0, 0.1) is 0 Å². The normalized spacial score (nSPS) is 13.5. The van der Waals surface area contributed by atoms with Crippen molar-refractivity contribution in [2.24, 2.45) is 5.73 Å². The number of hydrogen-bond acceptors (Lipinski definition) is 6. The van der Waals surface area contributed by atoms with Gasteiger partial charge in [0.25, 0.3) is 10.1 Å². The quantitative estimate of drug-likeness (QED) is 0.353. The predicted octanol–water partition coefficient (Wildman–Crippen LogP) is -1.94. The Labute approximate surface area is 104 Å². The fourth-order valence-corrected chi connectivity index (χ4v) is 1.83. The summed E-state index contributed by atoms with van der Waals surface area (Å²) >= 11 is 0. The number of aliphatic carboxylic acids is 2. The molecule has 0 aromatic carbocycles. The Morgan fingerprint density at radius 3 is 2.11 bits per heavy atom. The molecule has 0 unspecified atom stereocenters. The van der Waals surface area contributed by atoms with E-state index >= 15 is 0 Å². The Balaban J connectivity index is 4.79. The van der Waals surface area contributed by atoms with Gasteiger partial charge in [0.15, 0.2) is 0 Å². The van der Waals surface area contributed by atoms with Crippen LogP contribution >= 0.6 is 0 Å². The first-order chi connectivity index (χ1) is 8.17. The van der Waals surface area contributed by atoms with Crippen LogP contribution in [0.4, 0.5) is 0 Å². The van der Waals surface area contributed by atoms with Gasteiger partial charge in [-0.25, -0.2) is 0 Å². The molecule has 10 heteroatoms. The molecule has 0 aliphatic heterocycles. The summed E-state index contributed by atoms with van der Waals surface area (Å²) in [5, 5.41) is 17.5. The maximum atomic E-state index is 10.9. The van der Waals surface area contributed by atoms with Crippen molar-refractivity contribution in [3.05, 3.63) is 0 Å². The first-order valence-corrected chi connectivity index (χ1v) is 6.62. The summed E-state index contributed by atoms with van der Waals surface area (Å²) in [5.41, 5.74) is 5.24. The van der Waals surface area contributed by atoms with Gasteiger partial charge in [0.2, 0.25) is 0 Å². The van der Waals surface area contributed by atoms with Crippen molar-refractivity contribution in [3.8, 4) is 0 Å². The van der Waals surface area contributed by atoms with Gasteiger partial charge < -0.3 is 15.9 Å². The van der Waals surface area contributed by atoms with E-state index in [1.165, 1.54) is 0 Å². The standard InChI is InChI=1S/C8H16N2O7S/c9-1-2-10(3-4-18(15,16)17)6(8(13)14)5-7(11)12/h6H,1-5,9H2,(H,11,12)(H,13,14)(H,15,16,17)/t6-/m0/s1. The molecule has 0 heterocycles. The molecule has 0 aromatic rings. The average Bonchev–Trinajstić information content (AvgIpc) is 2.19. The fourth-order valence-electron chi connectivity index (χ4n) is 1.36.